The first-order valence-electron chi connectivity index (χ1n) is 11.0. The van der Waals surface area contributed by atoms with Gasteiger partial charge in [0.15, 0.2) is 0 Å². The second kappa shape index (κ2) is 10.7. The highest BCUT2D eigenvalue weighted by molar-refractivity contribution is 5.99. The predicted molar refractivity (Wildman–Crippen MR) is 122 cm³/mol. The number of carboxylic acids is 1. The summed E-state index contributed by atoms with van der Waals surface area (Å²) in [5.41, 5.74) is -2.96. The molecule has 1 aromatic carbocycles. The van der Waals surface area contributed by atoms with Crippen molar-refractivity contribution in [1.29, 1.82) is 0 Å². The number of esters is 2. The topological polar surface area (TPSA) is 102 Å². The Balaban J connectivity index is 2.71. The maximum atomic E-state index is 13.9. The number of allylic oxidation sites excluding steroid dienone is 2. The van der Waals surface area contributed by atoms with Crippen LogP contribution in [0.25, 0.3) is 0 Å². The van der Waals surface area contributed by atoms with Gasteiger partial charge in [-0.3, -0.25) is 4.79 Å². The summed E-state index contributed by atoms with van der Waals surface area (Å²) in [7, 11) is 1.35. The molecule has 1 aliphatic rings. The Bertz CT molecular complexity index is 1100. The normalized spacial score (nSPS) is 17.7. The van der Waals surface area contributed by atoms with Gasteiger partial charge in [-0.15, -0.1) is 0 Å². The van der Waals surface area contributed by atoms with Crippen LogP contribution in [0.1, 0.15) is 58.6 Å². The van der Waals surface area contributed by atoms with Crippen LogP contribution in [0.2, 0.25) is 0 Å². The molecule has 0 radical (unpaired) electrons. The fraction of sp³-hybridized carbons (Fsp3) is 0.480. The smallest absolute Gasteiger partial charge is 0.416 e. The number of nitrogens with zero attached hydrogens (tertiary/aromatic N) is 1. The molecule has 8 nitrogen and oxygen atoms in total. The van der Waals surface area contributed by atoms with E-state index >= 15 is 0 Å². The highest BCUT2D eigenvalue weighted by Gasteiger charge is 2.44. The Labute approximate surface area is 207 Å². The summed E-state index contributed by atoms with van der Waals surface area (Å²) in [5, 5.41) is 10.0. The van der Waals surface area contributed by atoms with Gasteiger partial charge < -0.3 is 24.2 Å². The Morgan fingerprint density at radius 3 is 2.08 bits per heavy atom. The molecule has 1 heterocycles. The molecule has 1 aliphatic heterocycles. The van der Waals surface area contributed by atoms with Gasteiger partial charge in [0.1, 0.15) is 6.73 Å². The molecular formula is C25H30F3NO7. The summed E-state index contributed by atoms with van der Waals surface area (Å²) in [4.78, 5) is 39.3. The minimum Gasteiger partial charge on any atom is -0.478 e. The van der Waals surface area contributed by atoms with Crippen molar-refractivity contribution in [3.8, 4) is 0 Å². The monoisotopic (exact) mass is 513 g/mol. The number of alkyl halides is 3. The van der Waals surface area contributed by atoms with E-state index in [-0.39, 0.29) is 23.7 Å². The summed E-state index contributed by atoms with van der Waals surface area (Å²) in [6.45, 7) is 8.77. The number of rotatable bonds is 7. The van der Waals surface area contributed by atoms with Gasteiger partial charge >= 0.3 is 24.1 Å². The molecule has 1 aromatic rings. The van der Waals surface area contributed by atoms with Gasteiger partial charge in [-0.25, -0.2) is 9.59 Å². The zero-order valence-corrected chi connectivity index (χ0v) is 21.1. The highest BCUT2D eigenvalue weighted by Crippen LogP contribution is 2.46. The first kappa shape index (κ1) is 28.9. The Kier molecular flexibility index (Phi) is 8.61. The fourth-order valence-electron chi connectivity index (χ4n) is 3.85. The molecule has 0 amide bonds. The summed E-state index contributed by atoms with van der Waals surface area (Å²) in [5.74, 6) is -4.93. The van der Waals surface area contributed by atoms with Crippen molar-refractivity contribution in [2.45, 2.75) is 59.9 Å². The minimum absolute atomic E-state index is 0.104. The molecule has 11 heteroatoms. The molecule has 0 aromatic heterocycles. The fourth-order valence-corrected chi connectivity index (χ4v) is 3.85. The number of carbonyl (C=O) groups excluding carboxylic acids is 2. The van der Waals surface area contributed by atoms with E-state index in [1.165, 1.54) is 44.9 Å². The van der Waals surface area contributed by atoms with Gasteiger partial charge in [-0.1, -0.05) is 18.2 Å². The van der Waals surface area contributed by atoms with E-state index in [4.69, 9.17) is 14.2 Å². The summed E-state index contributed by atoms with van der Waals surface area (Å²) in [6, 6.07) is 4.44. The van der Waals surface area contributed by atoms with Crippen molar-refractivity contribution in [3.63, 3.8) is 0 Å². The Morgan fingerprint density at radius 1 is 1.03 bits per heavy atom. The molecule has 0 aliphatic carbocycles. The van der Waals surface area contributed by atoms with Crippen molar-refractivity contribution in [2.75, 3.05) is 13.8 Å². The second-order valence-electron chi connectivity index (χ2n) is 9.30. The van der Waals surface area contributed by atoms with Gasteiger partial charge in [0, 0.05) is 25.4 Å². The first-order valence-corrected chi connectivity index (χ1v) is 11.0. The molecule has 2 unspecified atom stereocenters. The van der Waals surface area contributed by atoms with Crippen LogP contribution in [0.4, 0.5) is 13.2 Å². The lowest BCUT2D eigenvalue weighted by Gasteiger charge is -2.37. The molecule has 0 spiro atoms. The standard InChI is InChI=1S/C25H30F3NO7/c1-13-18(21(30)31)20(16-10-8-9-11-17(16)25(26,27)28)19(14(2)29(13)12-34-7)22(32)35-15(3)36-23(33)24(4,5)6/h8-11,15,20H,12H2,1-7H3,(H,30,31). The average molecular weight is 514 g/mol. The van der Waals surface area contributed by atoms with Gasteiger partial charge in [0.2, 0.25) is 6.29 Å². The maximum Gasteiger partial charge on any atom is 0.416 e. The molecule has 0 saturated heterocycles. The number of carbonyl (C=O) groups is 3. The van der Waals surface area contributed by atoms with Gasteiger partial charge in [0.25, 0.3) is 0 Å². The van der Waals surface area contributed by atoms with E-state index in [0.717, 1.165) is 12.1 Å². The summed E-state index contributed by atoms with van der Waals surface area (Å²) >= 11 is 0. The zero-order chi connectivity index (χ0) is 27.6. The largest absolute Gasteiger partial charge is 0.478 e. The van der Waals surface area contributed by atoms with Crippen LogP contribution in [-0.4, -0.2) is 48.0 Å². The summed E-state index contributed by atoms with van der Waals surface area (Å²) < 4.78 is 57.4. The third-order valence-electron chi connectivity index (χ3n) is 5.61. The lowest BCUT2D eigenvalue weighted by molar-refractivity contribution is -0.188. The van der Waals surface area contributed by atoms with Crippen LogP contribution >= 0.6 is 0 Å². The molecule has 0 bridgehead atoms. The average Bonchev–Trinajstić information content (AvgIpc) is 2.74. The third-order valence-corrected chi connectivity index (χ3v) is 5.61. The molecule has 0 fully saturated rings. The zero-order valence-electron chi connectivity index (χ0n) is 21.1. The number of hydrogen-bond acceptors (Lipinski definition) is 7. The third kappa shape index (κ3) is 6.07. The number of halogens is 3. The number of carboxylic acid groups (broad SMARTS) is 1. The quantitative estimate of drug-likeness (QED) is 0.409. The number of aliphatic carboxylic acids is 1. The van der Waals surface area contributed by atoms with Crippen LogP contribution in [-0.2, 0) is 34.8 Å². The Hall–Kier alpha value is -3.34. The molecule has 2 rings (SSSR count). The van der Waals surface area contributed by atoms with Crippen molar-refractivity contribution >= 4 is 17.9 Å². The molecule has 36 heavy (non-hydrogen) atoms. The molecule has 0 saturated carbocycles. The number of benzene rings is 1. The molecule has 1 N–H and O–H groups in total. The van der Waals surface area contributed by atoms with E-state index in [2.05, 4.69) is 0 Å². The van der Waals surface area contributed by atoms with Gasteiger partial charge in [-0.05, 0) is 46.2 Å². The van der Waals surface area contributed by atoms with Crippen LogP contribution < -0.4 is 0 Å². The first-order chi connectivity index (χ1) is 16.5. The van der Waals surface area contributed by atoms with E-state index < -0.39 is 58.4 Å². The van der Waals surface area contributed by atoms with E-state index in [1.807, 2.05) is 0 Å². The number of methoxy groups -OCH3 is 1. The highest BCUT2D eigenvalue weighted by atomic mass is 19.4. The van der Waals surface area contributed by atoms with Crippen LogP contribution in [0, 0.1) is 5.41 Å². The lowest BCUT2D eigenvalue weighted by Crippen LogP contribution is -2.37. The van der Waals surface area contributed by atoms with E-state index in [1.54, 1.807) is 20.8 Å². The van der Waals surface area contributed by atoms with E-state index in [9.17, 15) is 32.7 Å². The Morgan fingerprint density at radius 2 is 1.58 bits per heavy atom. The van der Waals surface area contributed by atoms with E-state index in [0.29, 0.717) is 0 Å². The van der Waals surface area contributed by atoms with Crippen molar-refractivity contribution in [1.82, 2.24) is 4.90 Å². The van der Waals surface area contributed by atoms with Gasteiger partial charge in [0.05, 0.1) is 28.0 Å². The van der Waals surface area contributed by atoms with Crippen molar-refractivity contribution in [3.05, 3.63) is 57.9 Å². The van der Waals surface area contributed by atoms with Crippen molar-refractivity contribution in [2.24, 2.45) is 5.41 Å². The second-order valence-corrected chi connectivity index (χ2v) is 9.30. The lowest BCUT2D eigenvalue weighted by atomic mass is 9.78. The van der Waals surface area contributed by atoms with Crippen LogP contribution in [0.15, 0.2) is 46.8 Å². The molecular weight excluding hydrogens is 483 g/mol. The summed E-state index contributed by atoms with van der Waals surface area (Å²) in [6.07, 6.45) is -6.21. The van der Waals surface area contributed by atoms with Crippen LogP contribution in [0.5, 0.6) is 0 Å². The maximum absolute atomic E-state index is 13.9. The molecule has 2 atom stereocenters. The molecule has 198 valence electrons. The van der Waals surface area contributed by atoms with Crippen molar-refractivity contribution < 1.29 is 46.9 Å². The minimum atomic E-state index is -4.82. The van der Waals surface area contributed by atoms with Gasteiger partial charge in [-0.2, -0.15) is 13.2 Å². The SMILES string of the molecule is COCN1C(C)=C(C(=O)O)C(c2ccccc2C(F)(F)F)C(C(=O)OC(C)OC(=O)C(C)(C)C)=C1C. The van der Waals surface area contributed by atoms with Crippen LogP contribution in [0.3, 0.4) is 0 Å². The number of hydrogen-bond donors (Lipinski definition) is 1. The predicted octanol–water partition coefficient (Wildman–Crippen LogP) is 4.82. The number of ether oxygens (including phenoxy) is 3.